The summed E-state index contributed by atoms with van der Waals surface area (Å²) in [6, 6.07) is 0. The smallest absolute Gasteiger partial charge is 0.0780 e. The number of methoxy groups -OCH3 is 1. The quantitative estimate of drug-likeness (QED) is 0.518. The Morgan fingerprint density at radius 1 is 1.12 bits per heavy atom. The summed E-state index contributed by atoms with van der Waals surface area (Å²) in [5.41, 5.74) is 0. The topological polar surface area (TPSA) is 39.7 Å². The van der Waals surface area contributed by atoms with Crippen LogP contribution in [0.1, 0.15) is 26.7 Å². The lowest BCUT2D eigenvalue weighted by Gasteiger charge is -2.12. The van der Waals surface area contributed by atoms with E-state index >= 15 is 0 Å². The van der Waals surface area contributed by atoms with Crippen LogP contribution in [0.2, 0.25) is 0 Å². The van der Waals surface area contributed by atoms with Crippen molar-refractivity contribution < 1.29 is 14.2 Å². The molecule has 0 saturated heterocycles. The molecule has 1 atom stereocenters. The molecule has 0 rings (SSSR count). The average molecular weight is 233 g/mol. The summed E-state index contributed by atoms with van der Waals surface area (Å²) in [6.07, 6.45) is 2.52. The summed E-state index contributed by atoms with van der Waals surface area (Å²) in [5.74, 6) is 0. The third kappa shape index (κ3) is 11.9. The molecular formula is C12H27NO3. The zero-order chi connectivity index (χ0) is 12.1. The summed E-state index contributed by atoms with van der Waals surface area (Å²) >= 11 is 0. The molecule has 0 bridgehead atoms. The Balaban J connectivity index is 2.98. The van der Waals surface area contributed by atoms with E-state index in [0.717, 1.165) is 39.3 Å². The second-order valence-electron chi connectivity index (χ2n) is 3.85. The predicted molar refractivity (Wildman–Crippen MR) is 65.9 cm³/mol. The lowest BCUT2D eigenvalue weighted by molar-refractivity contribution is 0.0102. The van der Waals surface area contributed by atoms with Gasteiger partial charge in [0.05, 0.1) is 25.9 Å². The van der Waals surface area contributed by atoms with E-state index in [1.807, 2.05) is 6.92 Å². The van der Waals surface area contributed by atoms with Crippen molar-refractivity contribution in [3.8, 4) is 0 Å². The SMILES string of the molecule is CCCCOCCNCCOC(C)COC. The standard InChI is InChI=1S/C12H27NO3/c1-4-5-8-15-9-6-13-7-10-16-12(2)11-14-3/h12-13H,4-11H2,1-3H3. The highest BCUT2D eigenvalue weighted by Crippen LogP contribution is 1.89. The van der Waals surface area contributed by atoms with Crippen LogP contribution in [-0.2, 0) is 14.2 Å². The van der Waals surface area contributed by atoms with E-state index in [9.17, 15) is 0 Å². The number of rotatable bonds is 12. The highest BCUT2D eigenvalue weighted by molar-refractivity contribution is 4.49. The van der Waals surface area contributed by atoms with Crippen molar-refractivity contribution in [2.24, 2.45) is 0 Å². The molecule has 0 aliphatic carbocycles. The Morgan fingerprint density at radius 3 is 2.56 bits per heavy atom. The minimum Gasteiger partial charge on any atom is -0.382 e. The molecule has 4 heteroatoms. The first kappa shape index (κ1) is 15.8. The zero-order valence-corrected chi connectivity index (χ0v) is 11.0. The van der Waals surface area contributed by atoms with E-state index in [1.54, 1.807) is 7.11 Å². The van der Waals surface area contributed by atoms with Crippen molar-refractivity contribution in [1.29, 1.82) is 0 Å². The Bertz CT molecular complexity index is 133. The Morgan fingerprint density at radius 2 is 1.88 bits per heavy atom. The fraction of sp³-hybridized carbons (Fsp3) is 1.00. The molecule has 4 nitrogen and oxygen atoms in total. The molecule has 98 valence electrons. The molecule has 0 spiro atoms. The van der Waals surface area contributed by atoms with Gasteiger partial charge < -0.3 is 19.5 Å². The van der Waals surface area contributed by atoms with Gasteiger partial charge in [0.15, 0.2) is 0 Å². The van der Waals surface area contributed by atoms with Crippen molar-refractivity contribution in [2.75, 3.05) is 46.6 Å². The molecule has 0 aromatic carbocycles. The number of nitrogens with one attached hydrogen (secondary N) is 1. The van der Waals surface area contributed by atoms with Gasteiger partial charge in [0.1, 0.15) is 0 Å². The Hall–Kier alpha value is -0.160. The van der Waals surface area contributed by atoms with E-state index in [0.29, 0.717) is 6.61 Å². The molecule has 0 aromatic rings. The molecule has 16 heavy (non-hydrogen) atoms. The van der Waals surface area contributed by atoms with Crippen LogP contribution in [0.4, 0.5) is 0 Å². The van der Waals surface area contributed by atoms with Gasteiger partial charge in [0.2, 0.25) is 0 Å². The first-order chi connectivity index (χ1) is 7.81. The lowest BCUT2D eigenvalue weighted by Crippen LogP contribution is -2.26. The van der Waals surface area contributed by atoms with Crippen LogP contribution >= 0.6 is 0 Å². The van der Waals surface area contributed by atoms with Crippen molar-refractivity contribution in [1.82, 2.24) is 5.32 Å². The predicted octanol–water partition coefficient (Wildman–Crippen LogP) is 1.44. The fourth-order valence-electron chi connectivity index (χ4n) is 1.23. The molecule has 0 aliphatic heterocycles. The van der Waals surface area contributed by atoms with Gasteiger partial charge in [-0.15, -0.1) is 0 Å². The lowest BCUT2D eigenvalue weighted by atomic mass is 10.4. The third-order valence-electron chi connectivity index (χ3n) is 2.15. The Kier molecular flexibility index (Phi) is 12.8. The summed E-state index contributed by atoms with van der Waals surface area (Å²) in [5, 5.41) is 3.27. The van der Waals surface area contributed by atoms with Gasteiger partial charge in [0, 0.05) is 26.8 Å². The van der Waals surface area contributed by atoms with E-state index in [-0.39, 0.29) is 6.10 Å². The van der Waals surface area contributed by atoms with Gasteiger partial charge in [-0.3, -0.25) is 0 Å². The first-order valence-corrected chi connectivity index (χ1v) is 6.20. The van der Waals surface area contributed by atoms with E-state index in [4.69, 9.17) is 14.2 Å². The number of hydrogen-bond acceptors (Lipinski definition) is 4. The maximum atomic E-state index is 5.50. The van der Waals surface area contributed by atoms with Crippen molar-refractivity contribution in [2.45, 2.75) is 32.8 Å². The molecule has 0 aromatic heterocycles. The first-order valence-electron chi connectivity index (χ1n) is 6.20. The van der Waals surface area contributed by atoms with Gasteiger partial charge in [0.25, 0.3) is 0 Å². The summed E-state index contributed by atoms with van der Waals surface area (Å²) < 4.78 is 15.9. The second-order valence-corrected chi connectivity index (χ2v) is 3.85. The minimum atomic E-state index is 0.174. The molecule has 0 fully saturated rings. The fourth-order valence-corrected chi connectivity index (χ4v) is 1.23. The number of hydrogen-bond donors (Lipinski definition) is 1. The minimum absolute atomic E-state index is 0.174. The highest BCUT2D eigenvalue weighted by Gasteiger charge is 1.99. The second kappa shape index (κ2) is 12.9. The van der Waals surface area contributed by atoms with Gasteiger partial charge in [-0.05, 0) is 13.3 Å². The van der Waals surface area contributed by atoms with Crippen LogP contribution in [0.5, 0.6) is 0 Å². The van der Waals surface area contributed by atoms with Crippen LogP contribution in [0.3, 0.4) is 0 Å². The largest absolute Gasteiger partial charge is 0.382 e. The van der Waals surface area contributed by atoms with E-state index < -0.39 is 0 Å². The van der Waals surface area contributed by atoms with Gasteiger partial charge in [-0.2, -0.15) is 0 Å². The maximum Gasteiger partial charge on any atom is 0.0780 e. The summed E-state index contributed by atoms with van der Waals surface area (Å²) in [7, 11) is 1.69. The normalized spacial score (nSPS) is 12.9. The third-order valence-corrected chi connectivity index (χ3v) is 2.15. The Labute approximate surface area is 99.6 Å². The zero-order valence-electron chi connectivity index (χ0n) is 11.0. The highest BCUT2D eigenvalue weighted by atomic mass is 16.5. The van der Waals surface area contributed by atoms with Gasteiger partial charge >= 0.3 is 0 Å². The molecule has 1 N–H and O–H groups in total. The van der Waals surface area contributed by atoms with Crippen LogP contribution in [0.15, 0.2) is 0 Å². The number of unbranched alkanes of at least 4 members (excludes halogenated alkanes) is 1. The summed E-state index contributed by atoms with van der Waals surface area (Å²) in [4.78, 5) is 0. The van der Waals surface area contributed by atoms with Crippen molar-refractivity contribution >= 4 is 0 Å². The molecule has 0 amide bonds. The van der Waals surface area contributed by atoms with E-state index in [1.165, 1.54) is 6.42 Å². The molecule has 0 saturated carbocycles. The van der Waals surface area contributed by atoms with Crippen LogP contribution in [-0.4, -0.2) is 52.7 Å². The van der Waals surface area contributed by atoms with Crippen molar-refractivity contribution in [3.63, 3.8) is 0 Å². The number of ether oxygens (including phenoxy) is 3. The van der Waals surface area contributed by atoms with Gasteiger partial charge in [-0.1, -0.05) is 13.3 Å². The van der Waals surface area contributed by atoms with Crippen LogP contribution in [0, 0.1) is 0 Å². The van der Waals surface area contributed by atoms with E-state index in [2.05, 4.69) is 12.2 Å². The molecule has 0 radical (unpaired) electrons. The maximum absolute atomic E-state index is 5.50. The molecule has 0 aliphatic rings. The monoisotopic (exact) mass is 233 g/mol. The van der Waals surface area contributed by atoms with Crippen LogP contribution < -0.4 is 5.32 Å². The molecule has 0 heterocycles. The van der Waals surface area contributed by atoms with Gasteiger partial charge in [-0.25, -0.2) is 0 Å². The summed E-state index contributed by atoms with van der Waals surface area (Å²) in [6.45, 7) is 8.97. The van der Waals surface area contributed by atoms with Crippen LogP contribution in [0.25, 0.3) is 0 Å². The molecule has 1 unspecified atom stereocenters. The molecular weight excluding hydrogens is 206 g/mol. The van der Waals surface area contributed by atoms with Crippen molar-refractivity contribution in [3.05, 3.63) is 0 Å². The average Bonchev–Trinajstić information content (AvgIpc) is 2.27.